The average Bonchev–Trinajstić information content (AvgIpc) is 2.83. The number of phosphoric acid groups is 3. The van der Waals surface area contributed by atoms with Gasteiger partial charge in [-0.25, -0.2) is 23.5 Å². The summed E-state index contributed by atoms with van der Waals surface area (Å²) in [5, 5.41) is 10.5. The van der Waals surface area contributed by atoms with Gasteiger partial charge in [-0.15, -0.1) is 6.42 Å². The molecule has 1 aliphatic rings. The molecule has 1 aliphatic heterocycles. The first-order valence-electron chi connectivity index (χ1n) is 8.38. The Morgan fingerprint density at radius 3 is 2.45 bits per heavy atom. The van der Waals surface area contributed by atoms with Crippen molar-refractivity contribution in [2.75, 3.05) is 12.3 Å². The molecule has 0 radical (unpaired) electrons. The Morgan fingerprint density at radius 2 is 1.94 bits per heavy atom. The van der Waals surface area contributed by atoms with Crippen LogP contribution in [0.25, 0.3) is 0 Å². The maximum Gasteiger partial charge on any atom is 0.490 e. The topological polar surface area (TPSA) is 289 Å². The SMILES string of the molecule is [2H]C([2H])(OP(=O)(O)OP(=O)(O)OP(=O)(O)O)[C@H]1O[C@@H](n2cnc(N)nc2=O)C(N)(C#C)[C@H]1O. The number of phosphoric ester groups is 1. The molecule has 18 nitrogen and oxygen atoms in total. The highest BCUT2D eigenvalue weighted by molar-refractivity contribution is 7.66. The molecule has 0 aromatic carbocycles. The highest BCUT2D eigenvalue weighted by Gasteiger charge is 2.55. The second-order valence-electron chi connectivity index (χ2n) is 5.64. The fourth-order valence-corrected chi connectivity index (χ4v) is 5.07. The predicted molar refractivity (Wildman–Crippen MR) is 96.2 cm³/mol. The minimum absolute atomic E-state index is 0.460. The molecule has 0 aliphatic carbocycles. The van der Waals surface area contributed by atoms with Gasteiger partial charge in [0, 0.05) is 0 Å². The predicted octanol–water partition coefficient (Wildman–Crippen LogP) is -2.85. The maximum atomic E-state index is 12.1. The van der Waals surface area contributed by atoms with Crippen LogP contribution in [0.15, 0.2) is 11.1 Å². The molecule has 31 heavy (non-hydrogen) atoms. The fourth-order valence-electron chi connectivity index (χ4n) is 2.20. The zero-order chi connectivity index (χ0) is 25.6. The van der Waals surface area contributed by atoms with Crippen molar-refractivity contribution in [3.8, 4) is 12.3 Å². The molecule has 1 fully saturated rings. The van der Waals surface area contributed by atoms with Crippen LogP contribution in [0.4, 0.5) is 5.95 Å². The van der Waals surface area contributed by atoms with E-state index in [0.717, 1.165) is 6.33 Å². The summed E-state index contributed by atoms with van der Waals surface area (Å²) in [5.41, 5.74) is 7.60. The van der Waals surface area contributed by atoms with Gasteiger partial charge >= 0.3 is 29.2 Å². The molecule has 0 spiro atoms. The Morgan fingerprint density at radius 1 is 1.32 bits per heavy atom. The van der Waals surface area contributed by atoms with E-state index in [1.165, 1.54) is 0 Å². The zero-order valence-electron chi connectivity index (χ0n) is 16.7. The lowest BCUT2D eigenvalue weighted by Gasteiger charge is -2.27. The van der Waals surface area contributed by atoms with Crippen LogP contribution in [-0.4, -0.2) is 63.5 Å². The third-order valence-electron chi connectivity index (χ3n) is 3.41. The fraction of sp³-hybridized carbons (Fsp3) is 0.500. The van der Waals surface area contributed by atoms with Gasteiger partial charge in [0.2, 0.25) is 5.95 Å². The molecule has 21 heteroatoms. The Balaban J connectivity index is 2.35. The number of aromatic nitrogens is 3. The van der Waals surface area contributed by atoms with Crippen LogP contribution < -0.4 is 17.2 Å². The second kappa shape index (κ2) is 8.77. The largest absolute Gasteiger partial charge is 0.490 e. The number of anilines is 1. The number of terminal acetylenes is 1. The van der Waals surface area contributed by atoms with Gasteiger partial charge in [-0.3, -0.25) is 9.09 Å². The molecule has 3 unspecified atom stereocenters. The van der Waals surface area contributed by atoms with Crippen molar-refractivity contribution >= 4 is 29.4 Å². The van der Waals surface area contributed by atoms with Gasteiger partial charge in [-0.05, 0) is 0 Å². The van der Waals surface area contributed by atoms with Crippen LogP contribution >= 0.6 is 23.5 Å². The Bertz CT molecular complexity index is 1170. The lowest BCUT2D eigenvalue weighted by atomic mass is 9.92. The third-order valence-corrected chi connectivity index (χ3v) is 7.07. The Labute approximate surface area is 175 Å². The molecule has 9 N–H and O–H groups in total. The highest BCUT2D eigenvalue weighted by Crippen LogP contribution is 2.66. The number of hydrogen-bond acceptors (Lipinski definition) is 13. The first-order chi connectivity index (χ1) is 14.7. The van der Waals surface area contributed by atoms with Gasteiger partial charge < -0.3 is 40.9 Å². The summed E-state index contributed by atoms with van der Waals surface area (Å²) in [4.78, 5) is 54.6. The van der Waals surface area contributed by atoms with Crippen molar-refractivity contribution in [1.82, 2.24) is 14.5 Å². The smallest absolute Gasteiger partial charge is 0.387 e. The first kappa shape index (κ1) is 22.6. The van der Waals surface area contributed by atoms with Crippen molar-refractivity contribution in [2.45, 2.75) is 24.0 Å². The zero-order valence-corrected chi connectivity index (χ0v) is 17.4. The minimum Gasteiger partial charge on any atom is -0.387 e. The molecule has 1 aromatic heterocycles. The van der Waals surface area contributed by atoms with Crippen molar-refractivity contribution in [3.63, 3.8) is 0 Å². The molecule has 0 amide bonds. The van der Waals surface area contributed by atoms with Crippen molar-refractivity contribution in [1.29, 1.82) is 0 Å². The summed E-state index contributed by atoms with van der Waals surface area (Å²) in [5.74, 6) is 1.43. The van der Waals surface area contributed by atoms with Gasteiger partial charge in [0.1, 0.15) is 18.5 Å². The molecular weight excluding hydrogens is 491 g/mol. The van der Waals surface area contributed by atoms with Gasteiger partial charge in [-0.2, -0.15) is 13.6 Å². The van der Waals surface area contributed by atoms with Crippen LogP contribution in [0.1, 0.15) is 8.97 Å². The molecule has 0 bridgehead atoms. The number of nitrogens with zero attached hydrogens (tertiary/aromatic N) is 3. The molecule has 2 rings (SSSR count). The van der Waals surface area contributed by atoms with Crippen molar-refractivity contribution in [2.24, 2.45) is 5.73 Å². The lowest BCUT2D eigenvalue weighted by Crippen LogP contribution is -2.55. The molecule has 1 saturated heterocycles. The standard InChI is InChI=1S/C10H16N5O13P3/c1-2-10(12)6(16)5(26-7(10)15-4-13-8(11)14-9(15)17)3-25-30(21,22)28-31(23,24)27-29(18,19)20/h1,4-7,16H,3,12H2,(H,21,22)(H,23,24)(H2,11,14,17)(H2,18,19,20)/t5-,6+,7-,10?/m1/s1/i3D2. The van der Waals surface area contributed by atoms with Crippen LogP contribution in [0.3, 0.4) is 0 Å². The molecule has 6 atom stereocenters. The number of nitrogens with two attached hydrogens (primary N) is 2. The number of nitrogen functional groups attached to an aromatic ring is 1. The molecule has 0 saturated carbocycles. The summed E-state index contributed by atoms with van der Waals surface area (Å²) in [6.45, 7) is -3.61. The van der Waals surface area contributed by atoms with Crippen molar-refractivity contribution < 1.29 is 59.0 Å². The average molecular weight is 509 g/mol. The van der Waals surface area contributed by atoms with E-state index < -0.39 is 65.6 Å². The Hall–Kier alpha value is -1.54. The van der Waals surface area contributed by atoms with Gasteiger partial charge in [-0.1, -0.05) is 5.92 Å². The summed E-state index contributed by atoms with van der Waals surface area (Å²) in [6, 6.07) is 0. The van der Waals surface area contributed by atoms with E-state index in [9.17, 15) is 28.5 Å². The van der Waals surface area contributed by atoms with Gasteiger partial charge in [0.25, 0.3) is 0 Å². The third kappa shape index (κ3) is 6.25. The van der Waals surface area contributed by atoms with Crippen LogP contribution in [0.2, 0.25) is 0 Å². The number of aliphatic hydroxyl groups excluding tert-OH is 1. The van der Waals surface area contributed by atoms with Gasteiger partial charge in [0.05, 0.1) is 9.30 Å². The number of aliphatic hydroxyl groups is 1. The minimum atomic E-state index is -6.01. The highest BCUT2D eigenvalue weighted by atomic mass is 31.3. The lowest BCUT2D eigenvalue weighted by molar-refractivity contribution is -0.0471. The van der Waals surface area contributed by atoms with Crippen LogP contribution in [0, 0.1) is 12.3 Å². The van der Waals surface area contributed by atoms with E-state index in [-0.39, 0.29) is 0 Å². The first-order valence-corrected chi connectivity index (χ1v) is 11.9. The molecule has 174 valence electrons. The van der Waals surface area contributed by atoms with E-state index in [1.54, 1.807) is 0 Å². The van der Waals surface area contributed by atoms with Crippen LogP contribution in [-0.2, 0) is 31.6 Å². The van der Waals surface area contributed by atoms with E-state index in [1.807, 2.05) is 5.92 Å². The molecule has 1 aromatic rings. The second-order valence-corrected chi connectivity index (χ2v) is 9.98. The van der Waals surface area contributed by atoms with Crippen molar-refractivity contribution in [3.05, 3.63) is 16.8 Å². The summed E-state index contributed by atoms with van der Waals surface area (Å²) < 4.78 is 66.4. The summed E-state index contributed by atoms with van der Waals surface area (Å²) in [7, 11) is -17.7. The van der Waals surface area contributed by atoms with E-state index in [4.69, 9.17) is 40.0 Å². The maximum absolute atomic E-state index is 12.1. The summed E-state index contributed by atoms with van der Waals surface area (Å²) in [6.07, 6.45) is -0.463. The number of hydrogen-bond donors (Lipinski definition) is 7. The van der Waals surface area contributed by atoms with E-state index in [2.05, 4.69) is 23.1 Å². The number of ether oxygens (including phenoxy) is 1. The number of rotatable bonds is 8. The Kier molecular flexibility index (Phi) is 6.41. The molecular formula is C10H16N5O13P3. The summed E-state index contributed by atoms with van der Waals surface area (Å²) >= 11 is 0. The quantitative estimate of drug-likeness (QED) is 0.137. The van der Waals surface area contributed by atoms with Crippen LogP contribution in [0.5, 0.6) is 0 Å². The van der Waals surface area contributed by atoms with E-state index >= 15 is 0 Å². The van der Waals surface area contributed by atoms with Gasteiger partial charge in [0.15, 0.2) is 11.8 Å². The monoisotopic (exact) mass is 509 g/mol. The molecule has 2 heterocycles. The normalized spacial score (nSPS) is 31.7. The van der Waals surface area contributed by atoms with E-state index in [0.29, 0.717) is 4.57 Å².